The summed E-state index contributed by atoms with van der Waals surface area (Å²) in [6.07, 6.45) is 10.6. The van der Waals surface area contributed by atoms with Crippen molar-refractivity contribution >= 4 is 10.1 Å². The van der Waals surface area contributed by atoms with Crippen molar-refractivity contribution in [2.45, 2.75) is 38.0 Å². The topological polar surface area (TPSA) is 43.4 Å². The molecule has 0 fully saturated rings. The zero-order valence-corrected chi connectivity index (χ0v) is 12.9. The monoisotopic (exact) mass is 294 g/mol. The average Bonchev–Trinajstić information content (AvgIpc) is 2.42. The molecule has 0 saturated carbocycles. The fourth-order valence-electron chi connectivity index (χ4n) is 1.55. The maximum Gasteiger partial charge on any atom is 0.296 e. The van der Waals surface area contributed by atoms with Gasteiger partial charge in [0.15, 0.2) is 0 Å². The molecule has 0 aliphatic heterocycles. The first-order chi connectivity index (χ1) is 9.56. The SMILES string of the molecule is CC/C=C\C/C=C\CCOS(=O)(=O)c1ccc(C)cc1. The van der Waals surface area contributed by atoms with Gasteiger partial charge in [0.25, 0.3) is 10.1 Å². The summed E-state index contributed by atoms with van der Waals surface area (Å²) >= 11 is 0. The lowest BCUT2D eigenvalue weighted by Crippen LogP contribution is -2.07. The van der Waals surface area contributed by atoms with Crippen LogP contribution in [0.1, 0.15) is 31.7 Å². The molecule has 20 heavy (non-hydrogen) atoms. The van der Waals surface area contributed by atoms with E-state index in [1.165, 1.54) is 0 Å². The van der Waals surface area contributed by atoms with Gasteiger partial charge in [0, 0.05) is 0 Å². The number of benzene rings is 1. The molecule has 0 amide bonds. The molecule has 4 heteroatoms. The molecule has 0 atom stereocenters. The van der Waals surface area contributed by atoms with Gasteiger partial charge in [-0.15, -0.1) is 0 Å². The Morgan fingerprint density at radius 2 is 1.70 bits per heavy atom. The molecule has 1 rings (SSSR count). The maximum atomic E-state index is 11.9. The van der Waals surface area contributed by atoms with Crippen molar-refractivity contribution in [3.63, 3.8) is 0 Å². The Balaban J connectivity index is 2.37. The largest absolute Gasteiger partial charge is 0.296 e. The summed E-state index contributed by atoms with van der Waals surface area (Å²) in [6, 6.07) is 6.65. The van der Waals surface area contributed by atoms with Crippen LogP contribution in [0, 0.1) is 6.92 Å². The lowest BCUT2D eigenvalue weighted by Gasteiger charge is -2.04. The molecular formula is C16H22O3S. The van der Waals surface area contributed by atoms with Crippen molar-refractivity contribution in [2.75, 3.05) is 6.61 Å². The highest BCUT2D eigenvalue weighted by molar-refractivity contribution is 7.86. The van der Waals surface area contributed by atoms with Crippen LogP contribution in [0.3, 0.4) is 0 Å². The molecule has 0 saturated heterocycles. The summed E-state index contributed by atoms with van der Waals surface area (Å²) in [6.45, 7) is 4.17. The molecule has 0 heterocycles. The smallest absolute Gasteiger partial charge is 0.266 e. The third-order valence-electron chi connectivity index (χ3n) is 2.67. The Morgan fingerprint density at radius 1 is 1.05 bits per heavy atom. The van der Waals surface area contributed by atoms with Gasteiger partial charge < -0.3 is 0 Å². The van der Waals surface area contributed by atoms with Crippen molar-refractivity contribution in [3.8, 4) is 0 Å². The number of rotatable bonds is 8. The van der Waals surface area contributed by atoms with E-state index in [1.54, 1.807) is 24.3 Å². The number of hydrogen-bond donors (Lipinski definition) is 0. The second kappa shape index (κ2) is 8.72. The lowest BCUT2D eigenvalue weighted by atomic mass is 10.2. The van der Waals surface area contributed by atoms with E-state index in [0.29, 0.717) is 6.42 Å². The Labute approximate surface area is 122 Å². The second-order valence-corrected chi connectivity index (χ2v) is 6.08. The molecule has 1 aromatic carbocycles. The maximum absolute atomic E-state index is 11.9. The van der Waals surface area contributed by atoms with Gasteiger partial charge >= 0.3 is 0 Å². The van der Waals surface area contributed by atoms with Crippen molar-refractivity contribution in [1.29, 1.82) is 0 Å². The van der Waals surface area contributed by atoms with Crippen molar-refractivity contribution in [2.24, 2.45) is 0 Å². The van der Waals surface area contributed by atoms with Crippen molar-refractivity contribution in [3.05, 3.63) is 54.1 Å². The summed E-state index contributed by atoms with van der Waals surface area (Å²) < 4.78 is 28.7. The van der Waals surface area contributed by atoms with E-state index >= 15 is 0 Å². The third kappa shape index (κ3) is 6.17. The Morgan fingerprint density at radius 3 is 2.35 bits per heavy atom. The number of allylic oxidation sites excluding steroid dienone is 3. The molecule has 0 radical (unpaired) electrons. The standard InChI is InChI=1S/C16H22O3S/c1-3-4-5-6-7-8-9-14-19-20(17,18)16-12-10-15(2)11-13-16/h4-5,7-8,10-13H,3,6,9,14H2,1-2H3/b5-4-,8-7-. The van der Waals surface area contributed by atoms with E-state index in [4.69, 9.17) is 4.18 Å². The molecular weight excluding hydrogens is 272 g/mol. The fraction of sp³-hybridized carbons (Fsp3) is 0.375. The summed E-state index contributed by atoms with van der Waals surface area (Å²) in [5.74, 6) is 0. The van der Waals surface area contributed by atoms with Gasteiger partial charge in [-0.2, -0.15) is 8.42 Å². The van der Waals surface area contributed by atoms with Gasteiger partial charge in [0.2, 0.25) is 0 Å². The first-order valence-corrected chi connectivity index (χ1v) is 8.23. The molecule has 0 aliphatic rings. The predicted octanol–water partition coefficient (Wildman–Crippen LogP) is 4.00. The molecule has 0 bridgehead atoms. The molecule has 0 aliphatic carbocycles. The van der Waals surface area contributed by atoms with Crippen LogP contribution in [0.2, 0.25) is 0 Å². The zero-order valence-electron chi connectivity index (χ0n) is 12.1. The van der Waals surface area contributed by atoms with Gasteiger partial charge in [-0.05, 0) is 38.3 Å². The van der Waals surface area contributed by atoms with E-state index in [2.05, 4.69) is 19.1 Å². The quantitative estimate of drug-likeness (QED) is 0.413. The van der Waals surface area contributed by atoms with Crippen LogP contribution in [0.15, 0.2) is 53.5 Å². The Hall–Kier alpha value is -1.39. The van der Waals surface area contributed by atoms with E-state index in [0.717, 1.165) is 18.4 Å². The van der Waals surface area contributed by atoms with E-state index in [1.807, 2.05) is 19.1 Å². The van der Waals surface area contributed by atoms with Gasteiger partial charge in [-0.3, -0.25) is 4.18 Å². The molecule has 0 N–H and O–H groups in total. The van der Waals surface area contributed by atoms with Gasteiger partial charge in [0.1, 0.15) is 0 Å². The highest BCUT2D eigenvalue weighted by Gasteiger charge is 2.13. The highest BCUT2D eigenvalue weighted by Crippen LogP contribution is 2.13. The minimum atomic E-state index is -3.63. The lowest BCUT2D eigenvalue weighted by molar-refractivity contribution is 0.324. The molecule has 0 spiro atoms. The van der Waals surface area contributed by atoms with Crippen LogP contribution in [0.5, 0.6) is 0 Å². The second-order valence-electron chi connectivity index (χ2n) is 4.46. The summed E-state index contributed by atoms with van der Waals surface area (Å²) in [5, 5.41) is 0. The van der Waals surface area contributed by atoms with Crippen molar-refractivity contribution < 1.29 is 12.6 Å². The minimum absolute atomic E-state index is 0.171. The highest BCUT2D eigenvalue weighted by atomic mass is 32.2. The van der Waals surface area contributed by atoms with Gasteiger partial charge in [-0.25, -0.2) is 0 Å². The minimum Gasteiger partial charge on any atom is -0.266 e. The van der Waals surface area contributed by atoms with Crippen molar-refractivity contribution in [1.82, 2.24) is 0 Å². The van der Waals surface area contributed by atoms with E-state index < -0.39 is 10.1 Å². The third-order valence-corrected chi connectivity index (χ3v) is 4.00. The van der Waals surface area contributed by atoms with Crippen LogP contribution in [0.25, 0.3) is 0 Å². The Kier molecular flexibility index (Phi) is 7.26. The van der Waals surface area contributed by atoms with Crippen LogP contribution in [-0.2, 0) is 14.3 Å². The fourth-order valence-corrected chi connectivity index (χ4v) is 2.48. The molecule has 1 aromatic rings. The predicted molar refractivity (Wildman–Crippen MR) is 82.1 cm³/mol. The average molecular weight is 294 g/mol. The van der Waals surface area contributed by atoms with Crippen LogP contribution in [-0.4, -0.2) is 15.0 Å². The summed E-state index contributed by atoms with van der Waals surface area (Å²) in [4.78, 5) is 0.206. The molecule has 0 aromatic heterocycles. The first kappa shape index (κ1) is 16.7. The molecule has 0 unspecified atom stereocenters. The Bertz CT molecular complexity index is 540. The molecule has 110 valence electrons. The van der Waals surface area contributed by atoms with E-state index in [-0.39, 0.29) is 11.5 Å². The summed E-state index contributed by atoms with van der Waals surface area (Å²) in [5.41, 5.74) is 1.02. The first-order valence-electron chi connectivity index (χ1n) is 6.82. The van der Waals surface area contributed by atoms with Crippen LogP contribution >= 0.6 is 0 Å². The van der Waals surface area contributed by atoms with Crippen LogP contribution in [0.4, 0.5) is 0 Å². The number of aryl methyl sites for hydroxylation is 1. The van der Waals surface area contributed by atoms with Gasteiger partial charge in [-0.1, -0.05) is 48.9 Å². The normalized spacial score (nSPS) is 12.5. The van der Waals surface area contributed by atoms with Crippen LogP contribution < -0.4 is 0 Å². The zero-order chi connectivity index (χ0) is 14.8. The van der Waals surface area contributed by atoms with E-state index in [9.17, 15) is 8.42 Å². The number of hydrogen-bond acceptors (Lipinski definition) is 3. The summed E-state index contributed by atoms with van der Waals surface area (Å²) in [7, 11) is -3.63. The van der Waals surface area contributed by atoms with Gasteiger partial charge in [0.05, 0.1) is 11.5 Å². The molecule has 3 nitrogen and oxygen atoms in total.